The maximum absolute atomic E-state index is 12.1. The standard InChI is InChI=1S/C24H26N4O3/c1-3-19-9-11-21(12-10-19)18(2)25-23(29)17-31-24(30)14-13-22-16-28(27-26-22)15-20-7-5-4-6-8-20/h4-14,16,18H,3,15,17H2,1-2H3,(H,25,29)/b14-13+/t18-/m1/s1. The lowest BCUT2D eigenvalue weighted by atomic mass is 10.1. The number of nitrogens with zero attached hydrogens (tertiary/aromatic N) is 3. The third kappa shape index (κ3) is 6.92. The van der Waals surface area contributed by atoms with Crippen LogP contribution in [0.15, 0.2) is 66.9 Å². The number of hydrogen-bond donors (Lipinski definition) is 1. The molecule has 0 fully saturated rings. The number of ether oxygens (including phenoxy) is 1. The van der Waals surface area contributed by atoms with Crippen molar-refractivity contribution in [2.75, 3.05) is 6.61 Å². The minimum atomic E-state index is -0.618. The van der Waals surface area contributed by atoms with E-state index in [1.807, 2.05) is 61.5 Å². The molecular formula is C24H26N4O3. The van der Waals surface area contributed by atoms with Crippen molar-refractivity contribution in [1.82, 2.24) is 20.3 Å². The first-order valence-electron chi connectivity index (χ1n) is 10.2. The van der Waals surface area contributed by atoms with Crippen LogP contribution in [0.2, 0.25) is 0 Å². The van der Waals surface area contributed by atoms with E-state index in [0.717, 1.165) is 17.5 Å². The van der Waals surface area contributed by atoms with E-state index in [1.165, 1.54) is 17.7 Å². The van der Waals surface area contributed by atoms with Crippen molar-refractivity contribution in [2.45, 2.75) is 32.9 Å². The lowest BCUT2D eigenvalue weighted by Crippen LogP contribution is -2.30. The van der Waals surface area contributed by atoms with Crippen molar-refractivity contribution in [3.8, 4) is 0 Å². The first kappa shape index (κ1) is 22.0. The summed E-state index contributed by atoms with van der Waals surface area (Å²) in [4.78, 5) is 24.0. The van der Waals surface area contributed by atoms with Crippen LogP contribution in [-0.4, -0.2) is 33.5 Å². The second kappa shape index (κ2) is 10.9. The highest BCUT2D eigenvalue weighted by Crippen LogP contribution is 2.13. The molecule has 0 aliphatic heterocycles. The highest BCUT2D eigenvalue weighted by atomic mass is 16.5. The summed E-state index contributed by atoms with van der Waals surface area (Å²) >= 11 is 0. The Bertz CT molecular complexity index is 1030. The maximum Gasteiger partial charge on any atom is 0.331 e. The minimum absolute atomic E-state index is 0.174. The molecule has 31 heavy (non-hydrogen) atoms. The van der Waals surface area contributed by atoms with Gasteiger partial charge in [-0.3, -0.25) is 4.79 Å². The van der Waals surface area contributed by atoms with E-state index < -0.39 is 5.97 Å². The third-order valence-electron chi connectivity index (χ3n) is 4.74. The summed E-state index contributed by atoms with van der Waals surface area (Å²) in [5, 5.41) is 10.9. The van der Waals surface area contributed by atoms with Crippen LogP contribution >= 0.6 is 0 Å². The summed E-state index contributed by atoms with van der Waals surface area (Å²) in [5.74, 6) is -0.977. The number of carbonyl (C=O) groups excluding carboxylic acids is 2. The topological polar surface area (TPSA) is 86.1 Å². The molecule has 7 heteroatoms. The number of hydrogen-bond acceptors (Lipinski definition) is 5. The second-order valence-corrected chi connectivity index (χ2v) is 7.15. The van der Waals surface area contributed by atoms with Crippen LogP contribution < -0.4 is 5.32 Å². The van der Waals surface area contributed by atoms with Crippen LogP contribution in [0.25, 0.3) is 6.08 Å². The molecule has 0 saturated heterocycles. The molecule has 3 aromatic rings. The summed E-state index contributed by atoms with van der Waals surface area (Å²) in [7, 11) is 0. The SMILES string of the molecule is CCc1ccc([C@@H](C)NC(=O)COC(=O)/C=C/c2cn(Cc3ccccc3)nn2)cc1. The molecule has 1 heterocycles. The van der Waals surface area contributed by atoms with Crippen molar-refractivity contribution in [3.63, 3.8) is 0 Å². The zero-order valence-corrected chi connectivity index (χ0v) is 17.7. The predicted molar refractivity (Wildman–Crippen MR) is 118 cm³/mol. The summed E-state index contributed by atoms with van der Waals surface area (Å²) < 4.78 is 6.69. The molecule has 1 aromatic heterocycles. The number of rotatable bonds is 9. The fourth-order valence-electron chi connectivity index (χ4n) is 2.98. The lowest BCUT2D eigenvalue weighted by molar-refractivity contribution is -0.144. The quantitative estimate of drug-likeness (QED) is 0.426. The summed E-state index contributed by atoms with van der Waals surface area (Å²) in [5.41, 5.74) is 3.86. The molecule has 1 N–H and O–H groups in total. The Balaban J connectivity index is 1.43. The molecule has 1 atom stereocenters. The van der Waals surface area contributed by atoms with E-state index in [9.17, 15) is 9.59 Å². The second-order valence-electron chi connectivity index (χ2n) is 7.15. The van der Waals surface area contributed by atoms with Crippen LogP contribution in [0.5, 0.6) is 0 Å². The third-order valence-corrected chi connectivity index (χ3v) is 4.74. The molecule has 0 saturated carbocycles. The number of carbonyl (C=O) groups is 2. The molecular weight excluding hydrogens is 392 g/mol. The number of benzene rings is 2. The van der Waals surface area contributed by atoms with Crippen LogP contribution in [0.3, 0.4) is 0 Å². The van der Waals surface area contributed by atoms with Gasteiger partial charge in [0.1, 0.15) is 5.69 Å². The van der Waals surface area contributed by atoms with E-state index in [0.29, 0.717) is 12.2 Å². The molecule has 160 valence electrons. The first-order chi connectivity index (χ1) is 15.0. The summed E-state index contributed by atoms with van der Waals surface area (Å²) in [6.45, 7) is 4.22. The molecule has 0 unspecified atom stereocenters. The van der Waals surface area contributed by atoms with Crippen molar-refractivity contribution in [3.05, 3.63) is 89.3 Å². The Kier molecular flexibility index (Phi) is 7.70. The molecule has 1 amide bonds. The average molecular weight is 418 g/mol. The number of aryl methyl sites for hydroxylation is 1. The van der Waals surface area contributed by atoms with Crippen LogP contribution in [0.1, 0.15) is 42.3 Å². The number of aromatic nitrogens is 3. The van der Waals surface area contributed by atoms with Crippen LogP contribution in [0, 0.1) is 0 Å². The summed E-state index contributed by atoms with van der Waals surface area (Å²) in [6.07, 6.45) is 5.44. The molecule has 7 nitrogen and oxygen atoms in total. The van der Waals surface area contributed by atoms with Gasteiger partial charge in [0.05, 0.1) is 18.8 Å². The first-order valence-corrected chi connectivity index (χ1v) is 10.2. The minimum Gasteiger partial charge on any atom is -0.452 e. The van der Waals surface area contributed by atoms with E-state index >= 15 is 0 Å². The molecule has 0 spiro atoms. The van der Waals surface area contributed by atoms with Gasteiger partial charge in [-0.25, -0.2) is 9.48 Å². The van der Waals surface area contributed by atoms with E-state index in [-0.39, 0.29) is 18.6 Å². The van der Waals surface area contributed by atoms with E-state index in [4.69, 9.17) is 4.74 Å². The zero-order valence-electron chi connectivity index (χ0n) is 17.7. The molecule has 0 aliphatic carbocycles. The highest BCUT2D eigenvalue weighted by molar-refractivity contribution is 5.89. The van der Waals surface area contributed by atoms with Crippen LogP contribution in [0.4, 0.5) is 0 Å². The number of amides is 1. The van der Waals surface area contributed by atoms with Crippen LogP contribution in [-0.2, 0) is 27.3 Å². The average Bonchev–Trinajstić information content (AvgIpc) is 3.24. The van der Waals surface area contributed by atoms with Gasteiger partial charge in [-0.2, -0.15) is 0 Å². The monoisotopic (exact) mass is 418 g/mol. The fourth-order valence-corrected chi connectivity index (χ4v) is 2.98. The van der Waals surface area contributed by atoms with Gasteiger partial charge < -0.3 is 10.1 Å². The van der Waals surface area contributed by atoms with E-state index in [1.54, 1.807) is 10.9 Å². The highest BCUT2D eigenvalue weighted by Gasteiger charge is 2.11. The van der Waals surface area contributed by atoms with Gasteiger partial charge in [-0.15, -0.1) is 5.10 Å². The Morgan fingerprint density at radius 3 is 2.55 bits per heavy atom. The normalized spacial score (nSPS) is 11.9. The van der Waals surface area contributed by atoms with Crippen molar-refractivity contribution >= 4 is 18.0 Å². The van der Waals surface area contributed by atoms with Gasteiger partial charge in [0.25, 0.3) is 5.91 Å². The van der Waals surface area contributed by atoms with Crippen molar-refractivity contribution in [1.29, 1.82) is 0 Å². The molecule has 0 bridgehead atoms. The van der Waals surface area contributed by atoms with Crippen molar-refractivity contribution in [2.24, 2.45) is 0 Å². The Morgan fingerprint density at radius 1 is 1.10 bits per heavy atom. The molecule has 0 aliphatic rings. The zero-order chi connectivity index (χ0) is 22.1. The smallest absolute Gasteiger partial charge is 0.331 e. The Hall–Kier alpha value is -3.74. The molecule has 2 aromatic carbocycles. The van der Waals surface area contributed by atoms with Crippen molar-refractivity contribution < 1.29 is 14.3 Å². The van der Waals surface area contributed by atoms with Gasteiger partial charge >= 0.3 is 5.97 Å². The van der Waals surface area contributed by atoms with Gasteiger partial charge in [0.2, 0.25) is 0 Å². The van der Waals surface area contributed by atoms with E-state index in [2.05, 4.69) is 22.6 Å². The fraction of sp³-hybridized carbons (Fsp3) is 0.250. The van der Waals surface area contributed by atoms with Gasteiger partial charge in [0.15, 0.2) is 6.61 Å². The predicted octanol–water partition coefficient (Wildman–Crippen LogP) is 3.32. The summed E-state index contributed by atoms with van der Waals surface area (Å²) in [6, 6.07) is 17.8. The Morgan fingerprint density at radius 2 is 1.84 bits per heavy atom. The van der Waals surface area contributed by atoms with Gasteiger partial charge in [0, 0.05) is 6.08 Å². The van der Waals surface area contributed by atoms with Gasteiger partial charge in [-0.1, -0.05) is 66.7 Å². The maximum atomic E-state index is 12.1. The lowest BCUT2D eigenvalue weighted by Gasteiger charge is -2.14. The largest absolute Gasteiger partial charge is 0.452 e. The number of nitrogens with one attached hydrogen (secondary N) is 1. The van der Waals surface area contributed by atoms with Gasteiger partial charge in [-0.05, 0) is 36.1 Å². The molecule has 0 radical (unpaired) electrons. The molecule has 3 rings (SSSR count). The number of esters is 1. The Labute approximate surface area is 181 Å².